The van der Waals surface area contributed by atoms with Gasteiger partial charge in [-0.1, -0.05) is 0 Å². The topological polar surface area (TPSA) is 186 Å². The predicted molar refractivity (Wildman–Crippen MR) is 46.7 cm³/mol. The van der Waals surface area contributed by atoms with Crippen LogP contribution in [0.1, 0.15) is 0 Å². The maximum atomic E-state index is 10.4. The van der Waals surface area contributed by atoms with Crippen LogP contribution in [-0.4, -0.2) is 38.7 Å². The lowest BCUT2D eigenvalue weighted by atomic mass is 10.3. The zero-order chi connectivity index (χ0) is 13.6. The lowest BCUT2D eigenvalue weighted by Crippen LogP contribution is -2.59. The summed E-state index contributed by atoms with van der Waals surface area (Å²) in [6.07, 6.45) is 0. The number of nitro groups is 3. The molecular formula is C4H4N6O7. The zero-order valence-electron chi connectivity index (χ0n) is 7.96. The average molecular weight is 248 g/mol. The van der Waals surface area contributed by atoms with Crippen LogP contribution >= 0.6 is 0 Å². The Hall–Kier alpha value is -2.91. The highest BCUT2D eigenvalue weighted by atomic mass is 16.7. The molecule has 0 heterocycles. The monoisotopic (exact) mass is 248 g/mol. The van der Waals surface area contributed by atoms with E-state index in [0.717, 1.165) is 0 Å². The van der Waals surface area contributed by atoms with Crippen LogP contribution in [0.3, 0.4) is 0 Å². The van der Waals surface area contributed by atoms with Gasteiger partial charge in [-0.25, -0.2) is 5.01 Å². The highest BCUT2D eigenvalue weighted by Crippen LogP contribution is 2.14. The molecule has 0 aliphatic heterocycles. The summed E-state index contributed by atoms with van der Waals surface area (Å²) in [5.74, 6) is -3.83. The zero-order valence-corrected chi connectivity index (χ0v) is 7.96. The Morgan fingerprint density at radius 3 is 1.82 bits per heavy atom. The van der Waals surface area contributed by atoms with Crippen LogP contribution in [0, 0.1) is 46.6 Å². The van der Waals surface area contributed by atoms with Gasteiger partial charge in [0.15, 0.2) is 14.8 Å². The lowest BCUT2D eigenvalue weighted by molar-refractivity contribution is -0.968. The molecule has 0 radical (unpaired) electrons. The summed E-state index contributed by atoms with van der Waals surface area (Å²) < 4.78 is 0. The van der Waals surface area contributed by atoms with Crippen molar-refractivity contribution in [1.29, 1.82) is 5.26 Å². The van der Waals surface area contributed by atoms with Crippen molar-refractivity contribution in [2.75, 3.05) is 13.1 Å². The van der Waals surface area contributed by atoms with Gasteiger partial charge in [0.1, 0.15) is 6.54 Å². The Bertz CT molecular complexity index is 364. The van der Waals surface area contributed by atoms with E-state index in [2.05, 4.69) is 5.29 Å². The molecule has 0 rings (SSSR count). The van der Waals surface area contributed by atoms with Crippen molar-refractivity contribution >= 4 is 0 Å². The fraction of sp³-hybridized carbons (Fsp3) is 0.750. The normalized spacial score (nSPS) is 10.1. The van der Waals surface area contributed by atoms with Crippen LogP contribution in [0.25, 0.3) is 0 Å². The van der Waals surface area contributed by atoms with Gasteiger partial charge >= 0.3 is 5.79 Å². The molecule has 0 saturated carbocycles. The van der Waals surface area contributed by atoms with E-state index in [9.17, 15) is 35.3 Å². The molecule has 0 unspecified atom stereocenters. The van der Waals surface area contributed by atoms with Crippen LogP contribution in [0.5, 0.6) is 0 Å². The van der Waals surface area contributed by atoms with Gasteiger partial charge in [0.25, 0.3) is 6.54 Å². The number of hydrogen-bond acceptors (Lipinski definition) is 9. The molecule has 0 fully saturated rings. The summed E-state index contributed by atoms with van der Waals surface area (Å²) in [6, 6.07) is 1.32. The van der Waals surface area contributed by atoms with Crippen LogP contribution in [-0.2, 0) is 0 Å². The summed E-state index contributed by atoms with van der Waals surface area (Å²) in [7, 11) is 0. The maximum absolute atomic E-state index is 10.4. The fourth-order valence-electron chi connectivity index (χ4n) is 0.813. The van der Waals surface area contributed by atoms with Gasteiger partial charge in [-0.05, 0) is 0 Å². The summed E-state index contributed by atoms with van der Waals surface area (Å²) >= 11 is 0. The third-order valence-corrected chi connectivity index (χ3v) is 1.64. The van der Waals surface area contributed by atoms with Crippen LogP contribution in [0.2, 0.25) is 0 Å². The molecule has 0 spiro atoms. The highest BCUT2D eigenvalue weighted by Gasteiger charge is 2.71. The van der Waals surface area contributed by atoms with Crippen molar-refractivity contribution in [3.63, 3.8) is 0 Å². The largest absolute Gasteiger partial charge is 0.719 e. The van der Waals surface area contributed by atoms with Crippen LogP contribution < -0.4 is 0 Å². The average Bonchev–Trinajstić information content (AvgIpc) is 2.22. The van der Waals surface area contributed by atoms with Crippen molar-refractivity contribution in [2.45, 2.75) is 5.79 Å². The summed E-state index contributed by atoms with van der Waals surface area (Å²) in [5, 5.41) is 41.5. The molecule has 17 heavy (non-hydrogen) atoms. The molecule has 0 bridgehead atoms. The van der Waals surface area contributed by atoms with Crippen LogP contribution in [0.4, 0.5) is 0 Å². The standard InChI is InChI=1S/C4H4N6O7/c5-1-2-7(6-11)3-4(8(12)13,9(14)15)10(16)17/h2-3H2. The quantitative estimate of drug-likeness (QED) is 0.178. The maximum Gasteiger partial charge on any atom is 0.719 e. The second-order valence-corrected chi connectivity index (χ2v) is 2.61. The summed E-state index contributed by atoms with van der Waals surface area (Å²) in [5.41, 5.74) is 0. The molecule has 13 heteroatoms. The third-order valence-electron chi connectivity index (χ3n) is 1.64. The van der Waals surface area contributed by atoms with Gasteiger partial charge in [0, 0.05) is 0 Å². The number of hydrogen-bond donors (Lipinski definition) is 0. The van der Waals surface area contributed by atoms with Gasteiger partial charge < -0.3 is 0 Å². The van der Waals surface area contributed by atoms with E-state index in [1.807, 2.05) is 0 Å². The molecule has 92 valence electrons. The van der Waals surface area contributed by atoms with Gasteiger partial charge in [-0.3, -0.25) is 30.3 Å². The van der Waals surface area contributed by atoms with Crippen molar-refractivity contribution < 1.29 is 14.8 Å². The minimum Gasteiger partial charge on any atom is -0.253 e. The molecule has 0 aromatic carbocycles. The SMILES string of the molecule is N#CCN(CC([N+](=O)[O-])([N+](=O)[O-])[N+](=O)[O-])N=O. The van der Waals surface area contributed by atoms with Crippen LogP contribution in [0.15, 0.2) is 5.29 Å². The molecule has 0 aromatic heterocycles. The molecule has 0 N–H and O–H groups in total. The smallest absolute Gasteiger partial charge is 0.253 e. The van der Waals surface area contributed by atoms with E-state index >= 15 is 0 Å². The fourth-order valence-corrected chi connectivity index (χ4v) is 0.813. The van der Waals surface area contributed by atoms with Crippen molar-refractivity contribution in [2.24, 2.45) is 5.29 Å². The first-order valence-corrected chi connectivity index (χ1v) is 3.71. The Morgan fingerprint density at radius 2 is 1.59 bits per heavy atom. The highest BCUT2D eigenvalue weighted by molar-refractivity contribution is 4.75. The second-order valence-electron chi connectivity index (χ2n) is 2.61. The van der Waals surface area contributed by atoms with Crippen molar-refractivity contribution in [3.8, 4) is 6.07 Å². The molecule has 0 aromatic rings. The van der Waals surface area contributed by atoms with Gasteiger partial charge in [-0.2, -0.15) is 5.26 Å². The van der Waals surface area contributed by atoms with E-state index in [1.165, 1.54) is 6.07 Å². The minimum atomic E-state index is -3.83. The Labute approximate surface area is 91.6 Å². The Morgan fingerprint density at radius 1 is 1.18 bits per heavy atom. The van der Waals surface area contributed by atoms with E-state index in [1.54, 1.807) is 0 Å². The van der Waals surface area contributed by atoms with E-state index in [-0.39, 0.29) is 5.01 Å². The second kappa shape index (κ2) is 5.25. The van der Waals surface area contributed by atoms with Gasteiger partial charge in [0.05, 0.1) is 11.4 Å². The summed E-state index contributed by atoms with van der Waals surface area (Å²) in [4.78, 5) is 36.1. The molecule has 13 nitrogen and oxygen atoms in total. The first-order valence-electron chi connectivity index (χ1n) is 3.71. The molecule has 0 aliphatic rings. The molecule has 0 amide bonds. The third kappa shape index (κ3) is 2.56. The van der Waals surface area contributed by atoms with E-state index < -0.39 is 33.6 Å². The molecule has 0 saturated heterocycles. The molecule has 0 aliphatic carbocycles. The predicted octanol–water partition coefficient (Wildman–Crippen LogP) is -1.02. The van der Waals surface area contributed by atoms with E-state index in [0.29, 0.717) is 0 Å². The van der Waals surface area contributed by atoms with Gasteiger partial charge in [-0.15, -0.1) is 4.91 Å². The first kappa shape index (κ1) is 14.1. The number of nitroso groups, excluding NO2 is 1. The first-order chi connectivity index (χ1) is 7.82. The molecular weight excluding hydrogens is 244 g/mol. The van der Waals surface area contributed by atoms with Crippen molar-refractivity contribution in [1.82, 2.24) is 5.01 Å². The number of nitrogens with zero attached hydrogens (tertiary/aromatic N) is 6. The Balaban J connectivity index is 5.40. The number of rotatable bonds is 7. The van der Waals surface area contributed by atoms with E-state index in [4.69, 9.17) is 5.26 Å². The minimum absolute atomic E-state index is 0.0222. The number of nitriles is 1. The van der Waals surface area contributed by atoms with Crippen molar-refractivity contribution in [3.05, 3.63) is 35.3 Å². The van der Waals surface area contributed by atoms with Gasteiger partial charge in [0.2, 0.25) is 0 Å². The summed E-state index contributed by atoms with van der Waals surface area (Å²) in [6.45, 7) is -2.39. The molecule has 0 atom stereocenters. The lowest BCUT2D eigenvalue weighted by Gasteiger charge is -2.13. The Kier molecular flexibility index (Phi) is 4.35.